The Hall–Kier alpha value is -8.35. The van der Waals surface area contributed by atoms with Crippen LogP contribution in [-0.2, 0) is 0 Å². The van der Waals surface area contributed by atoms with E-state index in [1.807, 2.05) is 60.7 Å². The first-order valence-electron chi connectivity index (χ1n) is 20.5. The van der Waals surface area contributed by atoms with E-state index in [-0.39, 0.29) is 0 Å². The highest BCUT2D eigenvalue weighted by Crippen LogP contribution is 2.43. The number of hydrogen-bond donors (Lipinski definition) is 0. The maximum Gasteiger partial charge on any atom is 0.164 e. The van der Waals surface area contributed by atoms with Crippen molar-refractivity contribution in [1.82, 2.24) is 24.1 Å². The maximum absolute atomic E-state index is 6.91. The Kier molecular flexibility index (Phi) is 7.21. The maximum atomic E-state index is 6.91. The van der Waals surface area contributed by atoms with Gasteiger partial charge in [-0.25, -0.2) is 15.0 Å². The van der Waals surface area contributed by atoms with E-state index in [9.17, 15) is 0 Å². The molecule has 0 spiro atoms. The smallest absolute Gasteiger partial charge is 0.164 e. The lowest BCUT2D eigenvalue weighted by atomic mass is 9.98. The van der Waals surface area contributed by atoms with Crippen LogP contribution in [0.15, 0.2) is 205 Å². The molecular weight excluding hydrogens is 747 g/mol. The fraction of sp³-hybridized carbons (Fsp3) is 0. The van der Waals surface area contributed by atoms with Crippen molar-refractivity contribution in [2.24, 2.45) is 0 Å². The monoisotopic (exact) mass is 779 g/mol. The molecule has 0 unspecified atom stereocenters. The highest BCUT2D eigenvalue weighted by atomic mass is 16.3. The topological polar surface area (TPSA) is 61.7 Å². The summed E-state index contributed by atoms with van der Waals surface area (Å²) in [6.07, 6.45) is 0. The second kappa shape index (κ2) is 13.1. The fourth-order valence-corrected chi connectivity index (χ4v) is 9.45. The number of hydrogen-bond acceptors (Lipinski definition) is 4. The summed E-state index contributed by atoms with van der Waals surface area (Å²) in [4.78, 5) is 15.2. The molecule has 4 heterocycles. The van der Waals surface area contributed by atoms with Gasteiger partial charge >= 0.3 is 0 Å². The molecule has 0 aliphatic rings. The van der Waals surface area contributed by atoms with Crippen LogP contribution in [0, 0.1) is 0 Å². The van der Waals surface area contributed by atoms with Crippen LogP contribution in [-0.4, -0.2) is 24.1 Å². The molecule has 13 rings (SSSR count). The van der Waals surface area contributed by atoms with Crippen molar-refractivity contribution in [3.05, 3.63) is 200 Å². The molecule has 0 saturated heterocycles. The first-order valence-corrected chi connectivity index (χ1v) is 20.5. The van der Waals surface area contributed by atoms with E-state index in [4.69, 9.17) is 19.4 Å². The molecule has 0 N–H and O–H groups in total. The molecule has 6 heteroatoms. The van der Waals surface area contributed by atoms with Crippen molar-refractivity contribution in [1.29, 1.82) is 0 Å². The number of nitrogens with zero attached hydrogens (tertiary/aromatic N) is 5. The Bertz CT molecular complexity index is 3810. The van der Waals surface area contributed by atoms with Crippen molar-refractivity contribution in [3.8, 4) is 45.5 Å². The third-order valence-electron chi connectivity index (χ3n) is 12.1. The molecule has 4 aromatic heterocycles. The summed E-state index contributed by atoms with van der Waals surface area (Å²) in [6.45, 7) is 0. The van der Waals surface area contributed by atoms with Crippen LogP contribution in [0.1, 0.15) is 0 Å². The van der Waals surface area contributed by atoms with Crippen LogP contribution in [0.3, 0.4) is 0 Å². The van der Waals surface area contributed by atoms with Crippen molar-refractivity contribution in [3.63, 3.8) is 0 Å². The summed E-state index contributed by atoms with van der Waals surface area (Å²) >= 11 is 0. The number of rotatable bonds is 5. The number of aromatic nitrogens is 5. The summed E-state index contributed by atoms with van der Waals surface area (Å²) in [5, 5.41) is 9.14. The van der Waals surface area contributed by atoms with Gasteiger partial charge in [0.15, 0.2) is 17.5 Å². The van der Waals surface area contributed by atoms with Gasteiger partial charge in [-0.3, -0.25) is 0 Å². The van der Waals surface area contributed by atoms with Gasteiger partial charge in [0.2, 0.25) is 0 Å². The van der Waals surface area contributed by atoms with Crippen molar-refractivity contribution in [2.75, 3.05) is 0 Å². The van der Waals surface area contributed by atoms with Crippen LogP contribution < -0.4 is 0 Å². The molecular formula is C55H33N5O. The Morgan fingerprint density at radius 1 is 0.311 bits per heavy atom. The van der Waals surface area contributed by atoms with Crippen molar-refractivity contribution < 1.29 is 4.42 Å². The molecule has 9 aromatic carbocycles. The number of benzene rings is 9. The van der Waals surface area contributed by atoms with Crippen LogP contribution >= 0.6 is 0 Å². The molecule has 0 fully saturated rings. The molecule has 0 bridgehead atoms. The van der Waals surface area contributed by atoms with E-state index in [0.717, 1.165) is 77.3 Å². The Labute approximate surface area is 349 Å². The van der Waals surface area contributed by atoms with Gasteiger partial charge < -0.3 is 13.6 Å². The van der Waals surface area contributed by atoms with E-state index in [1.165, 1.54) is 27.1 Å². The highest BCUT2D eigenvalue weighted by Gasteiger charge is 2.22. The molecule has 0 atom stereocenters. The largest absolute Gasteiger partial charge is 0.456 e. The van der Waals surface area contributed by atoms with E-state index in [1.54, 1.807) is 0 Å². The minimum Gasteiger partial charge on any atom is -0.456 e. The number of fused-ring (bicyclic) bond motifs is 11. The van der Waals surface area contributed by atoms with Gasteiger partial charge in [0.05, 0.1) is 22.1 Å². The van der Waals surface area contributed by atoms with Crippen LogP contribution in [0.2, 0.25) is 0 Å². The zero-order valence-electron chi connectivity index (χ0n) is 32.7. The van der Waals surface area contributed by atoms with Gasteiger partial charge in [-0.05, 0) is 65.4 Å². The predicted molar refractivity (Wildman–Crippen MR) is 250 cm³/mol. The molecule has 13 aromatic rings. The van der Waals surface area contributed by atoms with Crippen molar-refractivity contribution >= 4 is 76.3 Å². The van der Waals surface area contributed by atoms with Crippen LogP contribution in [0.5, 0.6) is 0 Å². The van der Waals surface area contributed by atoms with Gasteiger partial charge in [-0.15, -0.1) is 0 Å². The average molecular weight is 780 g/mol. The molecule has 6 nitrogen and oxygen atoms in total. The van der Waals surface area contributed by atoms with E-state index >= 15 is 0 Å². The zero-order valence-corrected chi connectivity index (χ0v) is 32.7. The van der Waals surface area contributed by atoms with E-state index < -0.39 is 0 Å². The second-order valence-corrected chi connectivity index (χ2v) is 15.6. The lowest BCUT2D eigenvalue weighted by Crippen LogP contribution is -2.00. The average Bonchev–Trinajstić information content (AvgIpc) is 3.98. The Morgan fingerprint density at radius 2 is 0.820 bits per heavy atom. The standard InChI is InChI=1S/C55H33N5O/c1-4-16-34(17-5-1)53-56-54(35-18-6-2-7-19-35)58-55(57-53)45-32-51-52(41-25-11-10-22-38(41)45)42-29-28-37(30-50(42)61-51)60-47-27-15-13-24-40(47)44-31-43-39-23-12-14-26-46(39)59(48(43)33-49(44)60)36-20-8-3-9-21-36/h1-33H. The van der Waals surface area contributed by atoms with Gasteiger partial charge in [-0.1, -0.05) is 140 Å². The van der Waals surface area contributed by atoms with E-state index in [2.05, 4.69) is 149 Å². The van der Waals surface area contributed by atoms with E-state index in [0.29, 0.717) is 17.5 Å². The lowest BCUT2D eigenvalue weighted by Gasteiger charge is -2.11. The third-order valence-corrected chi connectivity index (χ3v) is 12.1. The molecule has 61 heavy (non-hydrogen) atoms. The first kappa shape index (κ1) is 33.6. The molecule has 0 saturated carbocycles. The van der Waals surface area contributed by atoms with Gasteiger partial charge in [0.1, 0.15) is 11.2 Å². The fourth-order valence-electron chi connectivity index (χ4n) is 9.45. The number of furan rings is 1. The third kappa shape index (κ3) is 5.12. The molecule has 284 valence electrons. The minimum atomic E-state index is 0.594. The summed E-state index contributed by atoms with van der Waals surface area (Å²) in [6, 6.07) is 70.2. The molecule has 0 radical (unpaired) electrons. The Balaban J connectivity index is 1.04. The van der Waals surface area contributed by atoms with Crippen LogP contribution in [0.25, 0.3) is 122 Å². The van der Waals surface area contributed by atoms with Gasteiger partial charge in [0.25, 0.3) is 0 Å². The first-order chi connectivity index (χ1) is 30.2. The van der Waals surface area contributed by atoms with Gasteiger partial charge in [0, 0.05) is 66.4 Å². The Morgan fingerprint density at radius 3 is 1.44 bits per heavy atom. The molecule has 0 aliphatic heterocycles. The summed E-state index contributed by atoms with van der Waals surface area (Å²) in [7, 11) is 0. The summed E-state index contributed by atoms with van der Waals surface area (Å²) in [5.74, 6) is 1.84. The molecule has 0 amide bonds. The summed E-state index contributed by atoms with van der Waals surface area (Å²) < 4.78 is 11.7. The zero-order chi connectivity index (χ0) is 40.0. The van der Waals surface area contributed by atoms with Gasteiger partial charge in [-0.2, -0.15) is 0 Å². The number of para-hydroxylation sites is 3. The molecule has 0 aliphatic carbocycles. The highest BCUT2D eigenvalue weighted by molar-refractivity contribution is 6.23. The normalized spacial score (nSPS) is 11.9. The van der Waals surface area contributed by atoms with Crippen molar-refractivity contribution in [2.45, 2.75) is 0 Å². The predicted octanol–water partition coefficient (Wildman–Crippen LogP) is 14.1. The minimum absolute atomic E-state index is 0.594. The second-order valence-electron chi connectivity index (χ2n) is 15.6. The summed E-state index contributed by atoms with van der Waals surface area (Å²) in [5.41, 5.74) is 11.1. The SMILES string of the molecule is c1ccc(-c2nc(-c3ccccc3)nc(-c3cc4oc5cc(-n6c7ccccc7c7cc8c9ccccc9n(-c9ccccc9)c8cc76)ccc5c4c4ccccc34)n2)cc1. The lowest BCUT2D eigenvalue weighted by molar-refractivity contribution is 0.669. The van der Waals surface area contributed by atoms with Crippen LogP contribution in [0.4, 0.5) is 0 Å². The quantitative estimate of drug-likeness (QED) is 0.175.